The van der Waals surface area contributed by atoms with Crippen molar-refractivity contribution in [3.63, 3.8) is 0 Å². The Labute approximate surface area is 90.1 Å². The smallest absolute Gasteiger partial charge is 0.0240 e. The first-order valence-electron chi connectivity index (χ1n) is 6.04. The molecule has 0 aromatic rings. The summed E-state index contributed by atoms with van der Waals surface area (Å²) in [5.74, 6) is 0.732. The zero-order valence-corrected chi connectivity index (χ0v) is 10.6. The van der Waals surface area contributed by atoms with Crippen LogP contribution in [0, 0.1) is 5.92 Å². The lowest BCUT2D eigenvalue weighted by Gasteiger charge is -2.31. The molecule has 1 N–H and O–H groups in total. The molecule has 2 heteroatoms. The summed E-state index contributed by atoms with van der Waals surface area (Å²) in [7, 11) is 2.25. The van der Waals surface area contributed by atoms with Gasteiger partial charge in [0.25, 0.3) is 0 Å². The van der Waals surface area contributed by atoms with Crippen LogP contribution in [0.5, 0.6) is 0 Å². The highest BCUT2D eigenvalue weighted by Gasteiger charge is 2.16. The van der Waals surface area contributed by atoms with Crippen LogP contribution in [0.4, 0.5) is 0 Å². The van der Waals surface area contributed by atoms with Crippen LogP contribution in [0.15, 0.2) is 0 Å². The number of unbranched alkanes of at least 4 members (excludes halogenated alkanes) is 1. The van der Waals surface area contributed by atoms with E-state index >= 15 is 0 Å². The molecule has 86 valence electrons. The van der Waals surface area contributed by atoms with E-state index in [9.17, 15) is 0 Å². The number of nitrogens with one attached hydrogen (secondary N) is 1. The predicted octanol–water partition coefficient (Wildman–Crippen LogP) is 2.35. The zero-order valence-electron chi connectivity index (χ0n) is 10.6. The molecule has 0 rings (SSSR count). The average molecular weight is 200 g/mol. The maximum Gasteiger partial charge on any atom is 0.0240 e. The minimum absolute atomic E-state index is 0.682. The van der Waals surface area contributed by atoms with Gasteiger partial charge in [0.15, 0.2) is 0 Å². The largest absolute Gasteiger partial charge is 0.315 e. The molecule has 0 aliphatic rings. The van der Waals surface area contributed by atoms with Gasteiger partial charge in [0, 0.05) is 12.6 Å². The van der Waals surface area contributed by atoms with E-state index in [0.29, 0.717) is 6.04 Å². The van der Waals surface area contributed by atoms with E-state index in [2.05, 4.69) is 45.0 Å². The molecular weight excluding hydrogens is 172 g/mol. The molecule has 0 amide bonds. The SMILES string of the molecule is CCCCN(C)C(CNCC)C(C)C. The lowest BCUT2D eigenvalue weighted by atomic mass is 10.0. The highest BCUT2D eigenvalue weighted by atomic mass is 15.1. The third-order valence-corrected chi connectivity index (χ3v) is 2.80. The Morgan fingerprint density at radius 2 is 1.86 bits per heavy atom. The van der Waals surface area contributed by atoms with Crippen LogP contribution in [0.3, 0.4) is 0 Å². The van der Waals surface area contributed by atoms with Crippen molar-refractivity contribution in [3.05, 3.63) is 0 Å². The molecule has 0 bridgehead atoms. The number of rotatable bonds is 8. The number of nitrogens with zero attached hydrogens (tertiary/aromatic N) is 1. The summed E-state index contributed by atoms with van der Waals surface area (Å²) in [4.78, 5) is 2.50. The van der Waals surface area contributed by atoms with Gasteiger partial charge in [0.1, 0.15) is 0 Å². The molecule has 0 radical (unpaired) electrons. The minimum Gasteiger partial charge on any atom is -0.315 e. The van der Waals surface area contributed by atoms with Gasteiger partial charge in [0.2, 0.25) is 0 Å². The molecule has 1 unspecified atom stereocenters. The van der Waals surface area contributed by atoms with Gasteiger partial charge in [-0.15, -0.1) is 0 Å². The summed E-state index contributed by atoms with van der Waals surface area (Å²) in [6, 6.07) is 0.682. The molecule has 0 heterocycles. The highest BCUT2D eigenvalue weighted by Crippen LogP contribution is 2.09. The lowest BCUT2D eigenvalue weighted by molar-refractivity contribution is 0.185. The number of hydrogen-bond acceptors (Lipinski definition) is 2. The van der Waals surface area contributed by atoms with Crippen molar-refractivity contribution in [3.8, 4) is 0 Å². The molecule has 0 saturated heterocycles. The van der Waals surface area contributed by atoms with Gasteiger partial charge < -0.3 is 10.2 Å². The predicted molar refractivity (Wildman–Crippen MR) is 64.7 cm³/mol. The van der Waals surface area contributed by atoms with E-state index in [0.717, 1.165) is 19.0 Å². The summed E-state index contributed by atoms with van der Waals surface area (Å²) in [6.07, 6.45) is 2.60. The molecule has 0 spiro atoms. The topological polar surface area (TPSA) is 15.3 Å². The monoisotopic (exact) mass is 200 g/mol. The minimum atomic E-state index is 0.682. The second-order valence-electron chi connectivity index (χ2n) is 4.45. The Kier molecular flexibility index (Phi) is 8.20. The first-order valence-corrected chi connectivity index (χ1v) is 6.04. The summed E-state index contributed by atoms with van der Waals surface area (Å²) in [5.41, 5.74) is 0. The summed E-state index contributed by atoms with van der Waals surface area (Å²) in [6.45, 7) is 12.5. The van der Waals surface area contributed by atoms with Crippen molar-refractivity contribution in [2.45, 2.75) is 46.6 Å². The summed E-state index contributed by atoms with van der Waals surface area (Å²) < 4.78 is 0. The number of hydrogen-bond donors (Lipinski definition) is 1. The van der Waals surface area contributed by atoms with Gasteiger partial charge in [-0.25, -0.2) is 0 Å². The maximum atomic E-state index is 3.45. The van der Waals surface area contributed by atoms with E-state index in [-0.39, 0.29) is 0 Å². The van der Waals surface area contributed by atoms with E-state index in [1.807, 2.05) is 0 Å². The van der Waals surface area contributed by atoms with Crippen LogP contribution in [-0.4, -0.2) is 37.6 Å². The molecule has 2 nitrogen and oxygen atoms in total. The summed E-state index contributed by atoms with van der Waals surface area (Å²) >= 11 is 0. The normalized spacial score (nSPS) is 13.9. The van der Waals surface area contributed by atoms with Crippen molar-refractivity contribution >= 4 is 0 Å². The Hall–Kier alpha value is -0.0800. The van der Waals surface area contributed by atoms with E-state index in [4.69, 9.17) is 0 Å². The fraction of sp³-hybridized carbons (Fsp3) is 1.00. The van der Waals surface area contributed by atoms with Crippen LogP contribution < -0.4 is 5.32 Å². The van der Waals surface area contributed by atoms with Gasteiger partial charge >= 0.3 is 0 Å². The van der Waals surface area contributed by atoms with E-state index in [1.54, 1.807) is 0 Å². The van der Waals surface area contributed by atoms with Gasteiger partial charge in [-0.2, -0.15) is 0 Å². The molecule has 0 aromatic heterocycles. The molecule has 0 saturated carbocycles. The Balaban J connectivity index is 3.91. The zero-order chi connectivity index (χ0) is 11.0. The van der Waals surface area contributed by atoms with Crippen molar-refractivity contribution < 1.29 is 0 Å². The Morgan fingerprint density at radius 1 is 1.21 bits per heavy atom. The van der Waals surface area contributed by atoms with Crippen LogP contribution in [0.25, 0.3) is 0 Å². The van der Waals surface area contributed by atoms with E-state index in [1.165, 1.54) is 19.4 Å². The molecule has 0 aromatic carbocycles. The molecule has 0 fully saturated rings. The highest BCUT2D eigenvalue weighted by molar-refractivity contribution is 4.74. The Bertz CT molecular complexity index is 123. The van der Waals surface area contributed by atoms with Crippen LogP contribution in [0.2, 0.25) is 0 Å². The van der Waals surface area contributed by atoms with Crippen molar-refractivity contribution in [1.82, 2.24) is 10.2 Å². The fourth-order valence-electron chi connectivity index (χ4n) is 1.77. The summed E-state index contributed by atoms with van der Waals surface area (Å²) in [5, 5.41) is 3.45. The average Bonchev–Trinajstić information content (AvgIpc) is 2.14. The Morgan fingerprint density at radius 3 is 2.29 bits per heavy atom. The third-order valence-electron chi connectivity index (χ3n) is 2.80. The van der Waals surface area contributed by atoms with Gasteiger partial charge in [-0.05, 0) is 32.5 Å². The van der Waals surface area contributed by atoms with Crippen LogP contribution >= 0.6 is 0 Å². The quantitative estimate of drug-likeness (QED) is 0.647. The number of likely N-dealkylation sites (N-methyl/N-ethyl adjacent to an activating group) is 2. The third kappa shape index (κ3) is 5.61. The molecule has 1 atom stereocenters. The first-order chi connectivity index (χ1) is 6.63. The van der Waals surface area contributed by atoms with Gasteiger partial charge in [-0.1, -0.05) is 34.1 Å². The first kappa shape index (κ1) is 13.9. The maximum absolute atomic E-state index is 3.45. The van der Waals surface area contributed by atoms with Crippen LogP contribution in [-0.2, 0) is 0 Å². The second kappa shape index (κ2) is 8.25. The van der Waals surface area contributed by atoms with Gasteiger partial charge in [0.05, 0.1) is 0 Å². The molecule has 0 aliphatic carbocycles. The molecule has 14 heavy (non-hydrogen) atoms. The molecule has 0 aliphatic heterocycles. The molecular formula is C12H28N2. The van der Waals surface area contributed by atoms with Crippen LogP contribution in [0.1, 0.15) is 40.5 Å². The van der Waals surface area contributed by atoms with Crippen molar-refractivity contribution in [2.24, 2.45) is 5.92 Å². The van der Waals surface area contributed by atoms with Crippen molar-refractivity contribution in [2.75, 3.05) is 26.7 Å². The second-order valence-corrected chi connectivity index (χ2v) is 4.45. The fourth-order valence-corrected chi connectivity index (χ4v) is 1.77. The van der Waals surface area contributed by atoms with E-state index < -0.39 is 0 Å². The standard InChI is InChI=1S/C12H28N2/c1-6-8-9-14(5)12(11(3)4)10-13-7-2/h11-13H,6-10H2,1-5H3. The van der Waals surface area contributed by atoms with Gasteiger partial charge in [-0.3, -0.25) is 0 Å². The lowest BCUT2D eigenvalue weighted by Crippen LogP contribution is -2.43. The van der Waals surface area contributed by atoms with Crippen molar-refractivity contribution in [1.29, 1.82) is 0 Å².